The Morgan fingerprint density at radius 2 is 2.04 bits per heavy atom. The average Bonchev–Trinajstić information content (AvgIpc) is 3.19. The smallest absolute Gasteiger partial charge is 0.160 e. The van der Waals surface area contributed by atoms with E-state index >= 15 is 0 Å². The molecule has 4 aromatic rings. The summed E-state index contributed by atoms with van der Waals surface area (Å²) in [5.41, 5.74) is 3.25. The monoisotopic (exact) mass is 300 g/mol. The number of rotatable bonds is 3. The minimum absolute atomic E-state index is 0.552. The van der Waals surface area contributed by atoms with Crippen LogP contribution in [0.4, 0.5) is 0 Å². The number of pyridine rings is 1. The summed E-state index contributed by atoms with van der Waals surface area (Å²) in [4.78, 5) is 12.7. The molecule has 4 rings (SSSR count). The maximum atomic E-state index is 9.51. The van der Waals surface area contributed by atoms with E-state index in [0.717, 1.165) is 16.9 Å². The summed E-state index contributed by atoms with van der Waals surface area (Å²) >= 11 is 0. The van der Waals surface area contributed by atoms with Crippen LogP contribution in [0.5, 0.6) is 0 Å². The topological polar surface area (TPSA) is 71.8 Å². The summed E-state index contributed by atoms with van der Waals surface area (Å²) in [7, 11) is 0. The number of aromatic nitrogens is 5. The first-order valence-electron chi connectivity index (χ1n) is 7.13. The quantitative estimate of drug-likeness (QED) is 0.583. The number of fused-ring (bicyclic) bond motifs is 1. The maximum Gasteiger partial charge on any atom is 0.160 e. The van der Waals surface area contributed by atoms with Gasteiger partial charge in [-0.2, -0.15) is 5.26 Å². The van der Waals surface area contributed by atoms with E-state index in [4.69, 9.17) is 0 Å². The maximum absolute atomic E-state index is 9.51. The first-order valence-corrected chi connectivity index (χ1v) is 7.13. The SMILES string of the molecule is N#Cc1c(Cn2ccnc2-c2cnccn2)cn2ccccc12. The minimum Gasteiger partial charge on any atom is -0.325 e. The Morgan fingerprint density at radius 3 is 2.87 bits per heavy atom. The van der Waals surface area contributed by atoms with Crippen molar-refractivity contribution >= 4 is 5.52 Å². The van der Waals surface area contributed by atoms with Crippen LogP contribution in [-0.4, -0.2) is 23.9 Å². The summed E-state index contributed by atoms with van der Waals surface area (Å²) in [6.07, 6.45) is 12.5. The van der Waals surface area contributed by atoms with Crippen molar-refractivity contribution in [1.82, 2.24) is 23.9 Å². The predicted octanol–water partition coefficient (Wildman–Crippen LogP) is 2.51. The Labute approximate surface area is 132 Å². The van der Waals surface area contributed by atoms with Gasteiger partial charge in [-0.3, -0.25) is 4.98 Å². The molecule has 0 spiro atoms. The fourth-order valence-electron chi connectivity index (χ4n) is 2.69. The number of nitrogens with zero attached hydrogens (tertiary/aromatic N) is 6. The number of hydrogen-bond donors (Lipinski definition) is 0. The van der Waals surface area contributed by atoms with E-state index in [0.29, 0.717) is 17.8 Å². The van der Waals surface area contributed by atoms with Gasteiger partial charge in [0.05, 0.1) is 23.8 Å². The normalized spacial score (nSPS) is 10.7. The second kappa shape index (κ2) is 5.39. The van der Waals surface area contributed by atoms with Crippen LogP contribution in [0.15, 0.2) is 61.6 Å². The van der Waals surface area contributed by atoms with Gasteiger partial charge in [-0.05, 0) is 12.1 Å². The van der Waals surface area contributed by atoms with Gasteiger partial charge in [0.1, 0.15) is 11.8 Å². The molecule has 0 unspecified atom stereocenters. The largest absolute Gasteiger partial charge is 0.325 e. The van der Waals surface area contributed by atoms with Crippen molar-refractivity contribution in [2.24, 2.45) is 0 Å². The van der Waals surface area contributed by atoms with Crippen molar-refractivity contribution in [2.75, 3.05) is 0 Å². The van der Waals surface area contributed by atoms with Gasteiger partial charge in [-0.1, -0.05) is 6.07 Å². The Kier molecular flexibility index (Phi) is 3.10. The summed E-state index contributed by atoms with van der Waals surface area (Å²) in [6.45, 7) is 0.552. The third-order valence-electron chi connectivity index (χ3n) is 3.72. The van der Waals surface area contributed by atoms with E-state index in [1.54, 1.807) is 24.8 Å². The lowest BCUT2D eigenvalue weighted by molar-refractivity contribution is 0.801. The van der Waals surface area contributed by atoms with Gasteiger partial charge in [0.25, 0.3) is 0 Å². The molecule has 4 aromatic heterocycles. The van der Waals surface area contributed by atoms with Crippen LogP contribution in [0.3, 0.4) is 0 Å². The molecule has 0 aliphatic heterocycles. The van der Waals surface area contributed by atoms with Crippen molar-refractivity contribution in [1.29, 1.82) is 5.26 Å². The fourth-order valence-corrected chi connectivity index (χ4v) is 2.69. The molecule has 23 heavy (non-hydrogen) atoms. The lowest BCUT2D eigenvalue weighted by atomic mass is 10.2. The second-order valence-corrected chi connectivity index (χ2v) is 5.10. The molecule has 0 bridgehead atoms. The zero-order valence-corrected chi connectivity index (χ0v) is 12.2. The molecule has 0 atom stereocenters. The van der Waals surface area contributed by atoms with Crippen molar-refractivity contribution < 1.29 is 0 Å². The molecule has 0 aromatic carbocycles. The molecule has 0 saturated carbocycles. The van der Waals surface area contributed by atoms with Gasteiger partial charge in [-0.15, -0.1) is 0 Å². The summed E-state index contributed by atoms with van der Waals surface area (Å²) < 4.78 is 3.94. The summed E-state index contributed by atoms with van der Waals surface area (Å²) in [6, 6.07) is 8.13. The van der Waals surface area contributed by atoms with E-state index in [1.807, 2.05) is 45.8 Å². The molecular formula is C17H12N6. The lowest BCUT2D eigenvalue weighted by Gasteiger charge is -2.06. The summed E-state index contributed by atoms with van der Waals surface area (Å²) in [5.74, 6) is 0.734. The number of imidazole rings is 1. The van der Waals surface area contributed by atoms with Gasteiger partial charge < -0.3 is 8.97 Å². The van der Waals surface area contributed by atoms with Gasteiger partial charge in [-0.25, -0.2) is 9.97 Å². The molecule has 0 radical (unpaired) electrons. The van der Waals surface area contributed by atoms with E-state index in [2.05, 4.69) is 21.0 Å². The highest BCUT2D eigenvalue weighted by Gasteiger charge is 2.13. The van der Waals surface area contributed by atoms with Crippen LogP contribution < -0.4 is 0 Å². The van der Waals surface area contributed by atoms with Crippen molar-refractivity contribution in [2.45, 2.75) is 6.54 Å². The molecule has 0 aliphatic carbocycles. The van der Waals surface area contributed by atoms with Crippen molar-refractivity contribution in [3.05, 3.63) is 72.7 Å². The van der Waals surface area contributed by atoms with Crippen LogP contribution in [-0.2, 0) is 6.54 Å². The van der Waals surface area contributed by atoms with Crippen molar-refractivity contribution in [3.8, 4) is 17.6 Å². The Balaban J connectivity index is 1.78. The lowest BCUT2D eigenvalue weighted by Crippen LogP contribution is -2.02. The van der Waals surface area contributed by atoms with Crippen LogP contribution in [0.25, 0.3) is 17.0 Å². The van der Waals surface area contributed by atoms with E-state index in [-0.39, 0.29) is 0 Å². The second-order valence-electron chi connectivity index (χ2n) is 5.10. The molecule has 0 saturated heterocycles. The molecule has 0 amide bonds. The van der Waals surface area contributed by atoms with Gasteiger partial charge in [0.2, 0.25) is 0 Å². The molecule has 6 nitrogen and oxygen atoms in total. The van der Waals surface area contributed by atoms with Gasteiger partial charge in [0.15, 0.2) is 5.82 Å². The fraction of sp³-hybridized carbons (Fsp3) is 0.0588. The average molecular weight is 300 g/mol. The third-order valence-corrected chi connectivity index (χ3v) is 3.72. The Morgan fingerprint density at radius 1 is 1.09 bits per heavy atom. The van der Waals surface area contributed by atoms with Crippen LogP contribution in [0.2, 0.25) is 0 Å². The molecule has 110 valence electrons. The molecule has 0 fully saturated rings. The molecule has 6 heteroatoms. The van der Waals surface area contributed by atoms with Gasteiger partial charge in [0, 0.05) is 42.7 Å². The highest BCUT2D eigenvalue weighted by Crippen LogP contribution is 2.21. The zero-order chi connectivity index (χ0) is 15.6. The molecule has 0 N–H and O–H groups in total. The molecule has 0 aliphatic rings. The highest BCUT2D eigenvalue weighted by atomic mass is 15.1. The van der Waals surface area contributed by atoms with Gasteiger partial charge >= 0.3 is 0 Å². The van der Waals surface area contributed by atoms with Crippen molar-refractivity contribution in [3.63, 3.8) is 0 Å². The summed E-state index contributed by atoms with van der Waals surface area (Å²) in [5, 5.41) is 9.51. The molecular weight excluding hydrogens is 288 g/mol. The predicted molar refractivity (Wildman–Crippen MR) is 84.5 cm³/mol. The first kappa shape index (κ1) is 13.2. The Hall–Kier alpha value is -3.46. The first-order chi connectivity index (χ1) is 11.4. The standard InChI is InChI=1S/C17H12N6/c18-9-14-13(11-22-7-2-1-3-16(14)22)12-23-8-6-21-17(23)15-10-19-4-5-20-15/h1-8,10-11H,12H2. The highest BCUT2D eigenvalue weighted by molar-refractivity contribution is 5.65. The van der Waals surface area contributed by atoms with Crippen LogP contribution >= 0.6 is 0 Å². The van der Waals surface area contributed by atoms with E-state index in [9.17, 15) is 5.26 Å². The Bertz CT molecular complexity index is 1010. The van der Waals surface area contributed by atoms with Crippen LogP contribution in [0, 0.1) is 11.3 Å². The van der Waals surface area contributed by atoms with E-state index < -0.39 is 0 Å². The number of nitriles is 1. The molecule has 4 heterocycles. The third kappa shape index (κ3) is 2.24. The number of hydrogen-bond acceptors (Lipinski definition) is 4. The van der Waals surface area contributed by atoms with Crippen LogP contribution in [0.1, 0.15) is 11.1 Å². The van der Waals surface area contributed by atoms with E-state index in [1.165, 1.54) is 0 Å². The minimum atomic E-state index is 0.552. The zero-order valence-electron chi connectivity index (χ0n) is 12.2.